The average Bonchev–Trinajstić information content (AvgIpc) is 3.21. The highest BCUT2D eigenvalue weighted by Crippen LogP contribution is 2.38. The Kier molecular flexibility index (Phi) is 4.80. The van der Waals surface area contributed by atoms with Crippen molar-refractivity contribution in [1.82, 2.24) is 0 Å². The van der Waals surface area contributed by atoms with Gasteiger partial charge < -0.3 is 4.74 Å². The minimum Gasteiger partial charge on any atom is -0.401 e. The maximum absolute atomic E-state index is 12.3. The van der Waals surface area contributed by atoms with Crippen LogP contribution in [0.1, 0.15) is 16.0 Å². The Balaban J connectivity index is 1.78. The highest BCUT2D eigenvalue weighted by molar-refractivity contribution is 7.21. The van der Waals surface area contributed by atoms with Crippen LogP contribution in [0.15, 0.2) is 47.1 Å². The van der Waals surface area contributed by atoms with Crippen LogP contribution in [0.3, 0.4) is 0 Å². The molecule has 0 radical (unpaired) electrons. The Morgan fingerprint density at radius 3 is 2.60 bits per heavy atom. The van der Waals surface area contributed by atoms with Crippen LogP contribution in [0.2, 0.25) is 5.02 Å². The van der Waals surface area contributed by atoms with Crippen molar-refractivity contribution in [3.05, 3.63) is 83.4 Å². The summed E-state index contributed by atoms with van der Waals surface area (Å²) in [4.78, 5) is 37.5. The monoisotopic (exact) mass is 443 g/mol. The van der Waals surface area contributed by atoms with E-state index in [9.17, 15) is 25.0 Å². The standard InChI is InChI=1S/C19H10ClN3O6S/c1-9-2-5-12-15(6-9)30-17(16(12)20)18-21-13(19(24)29-18)7-10-3-4-11(22(25)26)8-14(10)23(27)28/h2-8H,1H3/b13-7+. The third-order valence-corrected chi connectivity index (χ3v) is 5.96. The summed E-state index contributed by atoms with van der Waals surface area (Å²) in [7, 11) is 0. The Labute approximate surface area is 177 Å². The number of fused-ring (bicyclic) bond motifs is 1. The molecule has 30 heavy (non-hydrogen) atoms. The molecule has 2 heterocycles. The van der Waals surface area contributed by atoms with E-state index >= 15 is 0 Å². The Hall–Kier alpha value is -3.63. The van der Waals surface area contributed by atoms with E-state index < -0.39 is 27.2 Å². The van der Waals surface area contributed by atoms with E-state index in [1.807, 2.05) is 25.1 Å². The molecule has 3 aromatic rings. The van der Waals surface area contributed by atoms with Crippen molar-refractivity contribution in [3.63, 3.8) is 0 Å². The van der Waals surface area contributed by atoms with Crippen LogP contribution in [-0.4, -0.2) is 21.7 Å². The molecule has 0 atom stereocenters. The van der Waals surface area contributed by atoms with Crippen molar-refractivity contribution in [2.24, 2.45) is 4.99 Å². The van der Waals surface area contributed by atoms with Crippen LogP contribution in [0.25, 0.3) is 16.2 Å². The first-order valence-electron chi connectivity index (χ1n) is 8.39. The molecule has 0 bridgehead atoms. The summed E-state index contributed by atoms with van der Waals surface area (Å²) in [6.07, 6.45) is 1.16. The molecule has 0 fully saturated rings. The average molecular weight is 444 g/mol. The van der Waals surface area contributed by atoms with Gasteiger partial charge in [-0.3, -0.25) is 20.2 Å². The number of thiophene rings is 1. The number of non-ortho nitro benzene ring substituents is 1. The van der Waals surface area contributed by atoms with E-state index in [1.54, 1.807) is 0 Å². The zero-order chi connectivity index (χ0) is 21.6. The second-order valence-corrected chi connectivity index (χ2v) is 7.77. The first kappa shape index (κ1) is 19.7. The molecule has 1 aliphatic heterocycles. The third kappa shape index (κ3) is 3.42. The number of carbonyl (C=O) groups excluding carboxylic acids is 1. The Morgan fingerprint density at radius 2 is 1.90 bits per heavy atom. The molecular formula is C19H10ClN3O6S. The van der Waals surface area contributed by atoms with Gasteiger partial charge in [0.25, 0.3) is 11.4 Å². The number of cyclic esters (lactones) is 1. The van der Waals surface area contributed by atoms with Gasteiger partial charge in [0, 0.05) is 16.2 Å². The molecule has 1 aromatic heterocycles. The SMILES string of the molecule is Cc1ccc2c(Cl)c(C3=N/C(=C/c4ccc([N+](=O)[O-])cc4[N+](=O)[O-])C(=O)O3)sc2c1. The molecule has 0 saturated heterocycles. The van der Waals surface area contributed by atoms with E-state index in [0.29, 0.717) is 9.90 Å². The predicted octanol–water partition coefficient (Wildman–Crippen LogP) is 5.02. The summed E-state index contributed by atoms with van der Waals surface area (Å²) in [6, 6.07) is 8.83. The molecule has 0 aliphatic carbocycles. The van der Waals surface area contributed by atoms with Crippen LogP contribution >= 0.6 is 22.9 Å². The highest BCUT2D eigenvalue weighted by Gasteiger charge is 2.29. The van der Waals surface area contributed by atoms with E-state index in [4.69, 9.17) is 16.3 Å². The second-order valence-electron chi connectivity index (χ2n) is 6.34. The lowest BCUT2D eigenvalue weighted by Crippen LogP contribution is -2.04. The summed E-state index contributed by atoms with van der Waals surface area (Å²) in [5.74, 6) is -0.804. The molecular weight excluding hydrogens is 434 g/mol. The summed E-state index contributed by atoms with van der Waals surface area (Å²) in [5.41, 5.74) is -0.103. The van der Waals surface area contributed by atoms with Gasteiger partial charge >= 0.3 is 5.97 Å². The van der Waals surface area contributed by atoms with Gasteiger partial charge in [-0.15, -0.1) is 11.3 Å². The van der Waals surface area contributed by atoms with Gasteiger partial charge in [-0.05, 0) is 30.7 Å². The summed E-state index contributed by atoms with van der Waals surface area (Å²) >= 11 is 7.73. The highest BCUT2D eigenvalue weighted by atomic mass is 35.5. The number of hydrogen-bond acceptors (Lipinski definition) is 8. The maximum Gasteiger partial charge on any atom is 0.363 e. The van der Waals surface area contributed by atoms with Crippen molar-refractivity contribution >= 4 is 62.3 Å². The van der Waals surface area contributed by atoms with Crippen molar-refractivity contribution < 1.29 is 19.4 Å². The van der Waals surface area contributed by atoms with Crippen LogP contribution in [0.5, 0.6) is 0 Å². The molecule has 0 spiro atoms. The largest absolute Gasteiger partial charge is 0.401 e. The van der Waals surface area contributed by atoms with Crippen molar-refractivity contribution in [1.29, 1.82) is 0 Å². The van der Waals surface area contributed by atoms with E-state index in [0.717, 1.165) is 33.9 Å². The molecule has 4 rings (SSSR count). The molecule has 0 N–H and O–H groups in total. The number of hydrogen-bond donors (Lipinski definition) is 0. The number of halogens is 1. The number of nitrogens with zero attached hydrogens (tertiary/aromatic N) is 3. The number of aliphatic imine (C=N–C) groups is 1. The van der Waals surface area contributed by atoms with Gasteiger partial charge in [-0.2, -0.15) is 0 Å². The number of nitro benzene ring substituents is 2. The minimum absolute atomic E-state index is 0.000308. The molecule has 150 valence electrons. The summed E-state index contributed by atoms with van der Waals surface area (Å²) in [5, 5.41) is 23.4. The normalized spacial score (nSPS) is 14.8. The topological polar surface area (TPSA) is 125 Å². The smallest absolute Gasteiger partial charge is 0.363 e. The van der Waals surface area contributed by atoms with Crippen LogP contribution < -0.4 is 0 Å². The quantitative estimate of drug-likeness (QED) is 0.241. The lowest BCUT2D eigenvalue weighted by molar-refractivity contribution is -0.394. The van der Waals surface area contributed by atoms with Gasteiger partial charge in [0.2, 0.25) is 5.90 Å². The molecule has 0 unspecified atom stereocenters. The molecule has 2 aromatic carbocycles. The molecule has 9 nitrogen and oxygen atoms in total. The fraction of sp³-hybridized carbons (Fsp3) is 0.0526. The van der Waals surface area contributed by atoms with Crippen LogP contribution in [-0.2, 0) is 9.53 Å². The zero-order valence-corrected chi connectivity index (χ0v) is 16.7. The van der Waals surface area contributed by atoms with E-state index in [-0.39, 0.29) is 17.2 Å². The van der Waals surface area contributed by atoms with Gasteiger partial charge in [-0.1, -0.05) is 23.7 Å². The number of benzene rings is 2. The third-order valence-electron chi connectivity index (χ3n) is 4.31. The first-order chi connectivity index (χ1) is 14.2. The zero-order valence-electron chi connectivity index (χ0n) is 15.1. The number of carbonyl (C=O) groups is 1. The van der Waals surface area contributed by atoms with Gasteiger partial charge in [0.15, 0.2) is 5.70 Å². The number of aryl methyl sites for hydroxylation is 1. The van der Waals surface area contributed by atoms with Crippen LogP contribution in [0, 0.1) is 27.2 Å². The van der Waals surface area contributed by atoms with Crippen molar-refractivity contribution in [2.75, 3.05) is 0 Å². The number of nitro groups is 2. The fourth-order valence-electron chi connectivity index (χ4n) is 2.89. The number of ether oxygens (including phenoxy) is 1. The van der Waals surface area contributed by atoms with Gasteiger partial charge in [0.05, 0.1) is 26.5 Å². The van der Waals surface area contributed by atoms with E-state index in [2.05, 4.69) is 4.99 Å². The summed E-state index contributed by atoms with van der Waals surface area (Å²) < 4.78 is 6.13. The van der Waals surface area contributed by atoms with E-state index in [1.165, 1.54) is 17.4 Å². The molecule has 0 amide bonds. The summed E-state index contributed by atoms with van der Waals surface area (Å²) in [6.45, 7) is 1.94. The van der Waals surface area contributed by atoms with Gasteiger partial charge in [-0.25, -0.2) is 9.79 Å². The molecule has 0 saturated carbocycles. The minimum atomic E-state index is -0.803. The van der Waals surface area contributed by atoms with Gasteiger partial charge in [0.1, 0.15) is 4.88 Å². The van der Waals surface area contributed by atoms with Crippen LogP contribution in [0.4, 0.5) is 11.4 Å². The Bertz CT molecular complexity index is 1330. The predicted molar refractivity (Wildman–Crippen MR) is 112 cm³/mol. The lowest BCUT2D eigenvalue weighted by atomic mass is 10.1. The number of rotatable bonds is 4. The van der Waals surface area contributed by atoms with Crippen molar-refractivity contribution in [2.45, 2.75) is 6.92 Å². The molecule has 1 aliphatic rings. The maximum atomic E-state index is 12.3. The fourth-order valence-corrected chi connectivity index (χ4v) is 4.43. The first-order valence-corrected chi connectivity index (χ1v) is 9.58. The second kappa shape index (κ2) is 7.32. The lowest BCUT2D eigenvalue weighted by Gasteiger charge is -1.98. The Morgan fingerprint density at radius 1 is 1.13 bits per heavy atom. The van der Waals surface area contributed by atoms with Crippen molar-refractivity contribution in [3.8, 4) is 0 Å². The number of esters is 1. The molecule has 11 heteroatoms.